The minimum atomic E-state index is -3.67. The summed E-state index contributed by atoms with van der Waals surface area (Å²) in [7, 11) is -3.67. The van der Waals surface area contributed by atoms with Crippen LogP contribution in [0.2, 0.25) is 0 Å². The molecule has 0 fully saturated rings. The highest BCUT2D eigenvalue weighted by molar-refractivity contribution is 7.89. The van der Waals surface area contributed by atoms with Crippen LogP contribution in [0, 0.1) is 6.92 Å². The molecule has 0 aliphatic rings. The van der Waals surface area contributed by atoms with Crippen molar-refractivity contribution >= 4 is 10.0 Å². The zero-order chi connectivity index (χ0) is 14.5. The number of sulfonamides is 1. The molecule has 0 radical (unpaired) electrons. The van der Waals surface area contributed by atoms with Crippen molar-refractivity contribution in [1.82, 2.24) is 14.9 Å². The molecule has 6 nitrogen and oxygen atoms in total. The van der Waals surface area contributed by atoms with Crippen LogP contribution in [0.5, 0.6) is 0 Å². The minimum Gasteiger partial charge on any atom is -0.392 e. The van der Waals surface area contributed by atoms with Gasteiger partial charge in [0, 0.05) is 17.3 Å². The number of hydrogen-bond donors (Lipinski definition) is 3. The van der Waals surface area contributed by atoms with Gasteiger partial charge in [-0.2, -0.15) is 5.10 Å². The van der Waals surface area contributed by atoms with E-state index in [9.17, 15) is 13.5 Å². The van der Waals surface area contributed by atoms with Gasteiger partial charge in [-0.05, 0) is 20.3 Å². The predicted molar refractivity (Wildman–Crippen MR) is 73.2 cm³/mol. The highest BCUT2D eigenvalue weighted by Crippen LogP contribution is 2.17. The first-order valence-electron chi connectivity index (χ1n) is 6.59. The van der Waals surface area contributed by atoms with Gasteiger partial charge in [0.25, 0.3) is 10.0 Å². The van der Waals surface area contributed by atoms with Crippen molar-refractivity contribution in [2.75, 3.05) is 0 Å². The summed E-state index contributed by atoms with van der Waals surface area (Å²) in [6.45, 7) is 5.28. The Morgan fingerprint density at radius 1 is 1.42 bits per heavy atom. The van der Waals surface area contributed by atoms with Gasteiger partial charge in [0.2, 0.25) is 0 Å². The van der Waals surface area contributed by atoms with Crippen molar-refractivity contribution in [3.05, 3.63) is 11.3 Å². The zero-order valence-electron chi connectivity index (χ0n) is 11.7. The fourth-order valence-electron chi connectivity index (χ4n) is 1.92. The summed E-state index contributed by atoms with van der Waals surface area (Å²) in [6.07, 6.45) is 3.99. The lowest BCUT2D eigenvalue weighted by Gasteiger charge is -2.13. The van der Waals surface area contributed by atoms with Crippen molar-refractivity contribution in [2.24, 2.45) is 0 Å². The summed E-state index contributed by atoms with van der Waals surface area (Å²) in [5.41, 5.74) is 0.898. The van der Waals surface area contributed by atoms with Crippen LogP contribution in [0.3, 0.4) is 0 Å². The van der Waals surface area contributed by atoms with E-state index in [2.05, 4.69) is 21.8 Å². The number of nitrogens with one attached hydrogen (secondary N) is 2. The third-order valence-corrected chi connectivity index (χ3v) is 4.61. The Balaban J connectivity index is 2.75. The van der Waals surface area contributed by atoms with Crippen LogP contribution < -0.4 is 4.72 Å². The monoisotopic (exact) mass is 289 g/mol. The van der Waals surface area contributed by atoms with E-state index in [0.717, 1.165) is 25.7 Å². The first-order chi connectivity index (χ1) is 8.92. The molecule has 1 rings (SSSR count). The largest absolute Gasteiger partial charge is 0.392 e. The van der Waals surface area contributed by atoms with Gasteiger partial charge in [-0.15, -0.1) is 0 Å². The molecule has 0 spiro atoms. The zero-order valence-corrected chi connectivity index (χ0v) is 12.5. The molecule has 19 heavy (non-hydrogen) atoms. The maximum absolute atomic E-state index is 12.2. The molecule has 0 bridgehead atoms. The molecule has 0 aliphatic carbocycles. The van der Waals surface area contributed by atoms with Crippen LogP contribution in [0.15, 0.2) is 5.03 Å². The van der Waals surface area contributed by atoms with Gasteiger partial charge in [-0.3, -0.25) is 5.10 Å². The van der Waals surface area contributed by atoms with Gasteiger partial charge in [0.15, 0.2) is 5.03 Å². The predicted octanol–water partition coefficient (Wildman–Crippen LogP) is 1.46. The number of nitrogens with zero attached hydrogens (tertiary/aromatic N) is 1. The highest BCUT2D eigenvalue weighted by Gasteiger charge is 2.24. The number of unbranched alkanes of at least 4 members (excludes halogenated alkanes) is 2. The van der Waals surface area contributed by atoms with Gasteiger partial charge >= 0.3 is 0 Å². The molecule has 110 valence electrons. The average molecular weight is 289 g/mol. The number of aliphatic hydroxyl groups is 1. The van der Waals surface area contributed by atoms with Gasteiger partial charge in [0.1, 0.15) is 0 Å². The van der Waals surface area contributed by atoms with Crippen molar-refractivity contribution in [2.45, 2.75) is 64.1 Å². The summed E-state index contributed by atoms with van der Waals surface area (Å²) in [5, 5.41) is 15.5. The third-order valence-electron chi connectivity index (χ3n) is 3.05. The van der Waals surface area contributed by atoms with E-state index >= 15 is 0 Å². The van der Waals surface area contributed by atoms with Crippen LogP contribution >= 0.6 is 0 Å². The molecule has 0 aromatic carbocycles. The number of aryl methyl sites for hydroxylation is 1. The summed E-state index contributed by atoms with van der Waals surface area (Å²) in [5.74, 6) is 0. The second-order valence-electron chi connectivity index (χ2n) is 4.81. The third kappa shape index (κ3) is 4.29. The lowest BCUT2D eigenvalue weighted by molar-refractivity contribution is 0.277. The molecule has 0 saturated carbocycles. The van der Waals surface area contributed by atoms with Gasteiger partial charge in [-0.1, -0.05) is 26.2 Å². The molecule has 3 N–H and O–H groups in total. The van der Waals surface area contributed by atoms with E-state index in [1.165, 1.54) is 0 Å². The van der Waals surface area contributed by atoms with Crippen LogP contribution in [0.4, 0.5) is 0 Å². The number of aliphatic hydroxyl groups excluding tert-OH is 1. The minimum absolute atomic E-state index is 0.102. The Hall–Kier alpha value is -0.920. The maximum Gasteiger partial charge on any atom is 0.260 e. The standard InChI is InChI=1S/C12H23N3O3S/c1-4-5-6-7-9(2)15-19(17,18)12-11(8-16)10(3)13-14-12/h9,15-16H,4-8H2,1-3H3,(H,13,14). The van der Waals surface area contributed by atoms with Gasteiger partial charge < -0.3 is 5.11 Å². The topological polar surface area (TPSA) is 95.1 Å². The summed E-state index contributed by atoms with van der Waals surface area (Å²) in [6, 6.07) is -0.139. The first kappa shape index (κ1) is 16.1. The highest BCUT2D eigenvalue weighted by atomic mass is 32.2. The Labute approximate surface area is 114 Å². The van der Waals surface area contributed by atoms with Crippen molar-refractivity contribution in [3.8, 4) is 0 Å². The molecule has 0 saturated heterocycles. The van der Waals surface area contributed by atoms with Gasteiger partial charge in [-0.25, -0.2) is 13.1 Å². The lowest BCUT2D eigenvalue weighted by atomic mass is 10.1. The summed E-state index contributed by atoms with van der Waals surface area (Å²) in [4.78, 5) is 0. The number of H-pyrrole nitrogens is 1. The lowest BCUT2D eigenvalue weighted by Crippen LogP contribution is -2.33. The fraction of sp³-hybridized carbons (Fsp3) is 0.750. The molecule has 1 heterocycles. The molecule has 1 aromatic heterocycles. The van der Waals surface area contributed by atoms with E-state index in [0.29, 0.717) is 11.3 Å². The summed E-state index contributed by atoms with van der Waals surface area (Å²) >= 11 is 0. The molecule has 0 amide bonds. The number of hydrogen-bond acceptors (Lipinski definition) is 4. The van der Waals surface area contributed by atoms with Crippen LogP contribution in [-0.4, -0.2) is 29.8 Å². The second kappa shape index (κ2) is 7.02. The normalized spacial score (nSPS) is 13.7. The van der Waals surface area contributed by atoms with E-state index in [1.807, 2.05) is 6.92 Å². The molecule has 0 aliphatic heterocycles. The van der Waals surface area contributed by atoms with E-state index < -0.39 is 10.0 Å². The van der Waals surface area contributed by atoms with Crippen molar-refractivity contribution in [3.63, 3.8) is 0 Å². The maximum atomic E-state index is 12.2. The molecular weight excluding hydrogens is 266 g/mol. The van der Waals surface area contributed by atoms with E-state index in [4.69, 9.17) is 0 Å². The molecule has 1 aromatic rings. The Morgan fingerprint density at radius 2 is 2.11 bits per heavy atom. The average Bonchev–Trinajstić information content (AvgIpc) is 2.70. The molecule has 1 unspecified atom stereocenters. The number of rotatable bonds is 8. The fourth-order valence-corrected chi connectivity index (χ4v) is 3.39. The van der Waals surface area contributed by atoms with Crippen LogP contribution in [-0.2, 0) is 16.6 Å². The number of aromatic nitrogens is 2. The Kier molecular flexibility index (Phi) is 5.96. The quantitative estimate of drug-likeness (QED) is 0.631. The summed E-state index contributed by atoms with van der Waals surface area (Å²) < 4.78 is 26.9. The van der Waals surface area contributed by atoms with Crippen molar-refractivity contribution < 1.29 is 13.5 Å². The second-order valence-corrected chi connectivity index (χ2v) is 6.44. The Morgan fingerprint density at radius 3 is 2.68 bits per heavy atom. The smallest absolute Gasteiger partial charge is 0.260 e. The SMILES string of the molecule is CCCCCC(C)NS(=O)(=O)c1n[nH]c(C)c1CO. The van der Waals surface area contributed by atoms with Crippen LogP contribution in [0.1, 0.15) is 50.8 Å². The van der Waals surface area contributed by atoms with Gasteiger partial charge in [0.05, 0.1) is 6.61 Å². The molecule has 1 atom stereocenters. The van der Waals surface area contributed by atoms with E-state index in [-0.39, 0.29) is 17.7 Å². The van der Waals surface area contributed by atoms with E-state index in [1.54, 1.807) is 6.92 Å². The van der Waals surface area contributed by atoms with Crippen LogP contribution in [0.25, 0.3) is 0 Å². The molecular formula is C12H23N3O3S. The Bertz CT molecular complexity index is 496. The number of aromatic amines is 1. The van der Waals surface area contributed by atoms with Crippen molar-refractivity contribution in [1.29, 1.82) is 0 Å². The first-order valence-corrected chi connectivity index (χ1v) is 8.07. The molecule has 7 heteroatoms.